The van der Waals surface area contributed by atoms with Crippen LogP contribution in [0, 0.1) is 0 Å². The third-order valence-corrected chi connectivity index (χ3v) is 9.05. The Hall–Kier alpha value is -3.89. The zero-order valence-electron chi connectivity index (χ0n) is 21.3. The summed E-state index contributed by atoms with van der Waals surface area (Å²) in [5.41, 5.74) is 2.69. The summed E-state index contributed by atoms with van der Waals surface area (Å²) in [5, 5.41) is 5.89. The molecule has 1 heterocycles. The van der Waals surface area contributed by atoms with E-state index in [2.05, 4.69) is 15.4 Å². The van der Waals surface area contributed by atoms with E-state index in [4.69, 9.17) is 9.47 Å². The molecule has 0 radical (unpaired) electrons. The second kappa shape index (κ2) is 11.5. The van der Waals surface area contributed by atoms with E-state index in [-0.39, 0.29) is 16.6 Å². The topological polar surface area (TPSA) is 111 Å². The molecular weight excluding hydrogens is 536 g/mol. The number of thiophene rings is 1. The monoisotopic (exact) mass is 564 g/mol. The van der Waals surface area contributed by atoms with Crippen LogP contribution >= 0.6 is 11.3 Å². The molecule has 3 aromatic carbocycles. The van der Waals surface area contributed by atoms with Crippen molar-refractivity contribution in [2.45, 2.75) is 43.1 Å². The number of fused-ring (bicyclic) bond motifs is 1. The van der Waals surface area contributed by atoms with E-state index in [9.17, 15) is 18.0 Å². The van der Waals surface area contributed by atoms with E-state index >= 15 is 0 Å². The van der Waals surface area contributed by atoms with Gasteiger partial charge in [-0.1, -0.05) is 24.3 Å². The molecule has 1 aliphatic rings. The van der Waals surface area contributed by atoms with E-state index in [0.29, 0.717) is 17.9 Å². The van der Waals surface area contributed by atoms with Gasteiger partial charge in [0.1, 0.15) is 11.9 Å². The zero-order chi connectivity index (χ0) is 27.4. The SMILES string of the molecule is COc1cc(C(=O)NS(=O)(=O)c2ccccc2)ccc1Cc1csc2ccc(NC(=O)OC3CCCC3)cc12. The van der Waals surface area contributed by atoms with Crippen molar-refractivity contribution >= 4 is 49.1 Å². The Kier molecular flexibility index (Phi) is 7.85. The van der Waals surface area contributed by atoms with Crippen LogP contribution in [0.5, 0.6) is 5.75 Å². The van der Waals surface area contributed by atoms with Crippen molar-refractivity contribution in [1.82, 2.24) is 4.72 Å². The summed E-state index contributed by atoms with van der Waals surface area (Å²) in [5.74, 6) is -0.279. The highest BCUT2D eigenvalue weighted by molar-refractivity contribution is 7.90. The molecule has 1 aliphatic carbocycles. The second-order valence-electron chi connectivity index (χ2n) is 9.36. The van der Waals surface area contributed by atoms with Gasteiger partial charge in [0, 0.05) is 22.4 Å². The first-order chi connectivity index (χ1) is 18.8. The molecule has 39 heavy (non-hydrogen) atoms. The van der Waals surface area contributed by atoms with Gasteiger partial charge >= 0.3 is 6.09 Å². The van der Waals surface area contributed by atoms with Crippen molar-refractivity contribution in [2.24, 2.45) is 0 Å². The average molecular weight is 565 g/mol. The maximum Gasteiger partial charge on any atom is 0.411 e. The maximum absolute atomic E-state index is 12.8. The van der Waals surface area contributed by atoms with Gasteiger partial charge in [-0.3, -0.25) is 10.1 Å². The lowest BCUT2D eigenvalue weighted by atomic mass is 10.0. The molecule has 8 nitrogen and oxygen atoms in total. The van der Waals surface area contributed by atoms with Crippen LogP contribution in [-0.2, 0) is 21.2 Å². The van der Waals surface area contributed by atoms with Crippen LogP contribution in [0.1, 0.15) is 47.2 Å². The molecule has 0 aliphatic heterocycles. The van der Waals surface area contributed by atoms with Gasteiger partial charge in [0.25, 0.3) is 15.9 Å². The van der Waals surface area contributed by atoms with Gasteiger partial charge in [-0.05, 0) is 90.0 Å². The average Bonchev–Trinajstić information content (AvgIpc) is 3.59. The van der Waals surface area contributed by atoms with Gasteiger partial charge in [0.2, 0.25) is 0 Å². The van der Waals surface area contributed by atoms with Crippen LogP contribution < -0.4 is 14.8 Å². The minimum Gasteiger partial charge on any atom is -0.496 e. The van der Waals surface area contributed by atoms with Gasteiger partial charge in [0.05, 0.1) is 12.0 Å². The van der Waals surface area contributed by atoms with Gasteiger partial charge in [0.15, 0.2) is 0 Å². The molecule has 5 rings (SSSR count). The maximum atomic E-state index is 12.8. The summed E-state index contributed by atoms with van der Waals surface area (Å²) in [6.45, 7) is 0. The highest BCUT2D eigenvalue weighted by Gasteiger charge is 2.21. The Balaban J connectivity index is 1.32. The summed E-state index contributed by atoms with van der Waals surface area (Å²) in [6, 6.07) is 18.3. The third-order valence-electron chi connectivity index (χ3n) is 6.69. The Morgan fingerprint density at radius 1 is 0.974 bits per heavy atom. The fraction of sp³-hybridized carbons (Fsp3) is 0.241. The molecule has 2 amide bonds. The number of carbonyl (C=O) groups is 2. The molecular formula is C29H28N2O6S2. The van der Waals surface area contributed by atoms with Crippen LogP contribution in [0.3, 0.4) is 0 Å². The zero-order valence-corrected chi connectivity index (χ0v) is 22.9. The summed E-state index contributed by atoms with van der Waals surface area (Å²) in [4.78, 5) is 25.1. The van der Waals surface area contributed by atoms with E-state index in [1.165, 1.54) is 25.3 Å². The Bertz CT molecular complexity index is 1610. The van der Waals surface area contributed by atoms with Crippen molar-refractivity contribution in [3.05, 3.63) is 88.8 Å². The lowest BCUT2D eigenvalue weighted by molar-refractivity contribution is 0.0980. The normalized spacial score (nSPS) is 13.8. The molecule has 1 saturated carbocycles. The molecule has 202 valence electrons. The largest absolute Gasteiger partial charge is 0.496 e. The van der Waals surface area contributed by atoms with Crippen molar-refractivity contribution in [2.75, 3.05) is 12.4 Å². The number of hydrogen-bond acceptors (Lipinski definition) is 7. The molecule has 2 N–H and O–H groups in total. The Morgan fingerprint density at radius 3 is 2.49 bits per heavy atom. The van der Waals surface area contributed by atoms with E-state index < -0.39 is 22.0 Å². The highest BCUT2D eigenvalue weighted by atomic mass is 32.2. The molecule has 1 fully saturated rings. The molecule has 10 heteroatoms. The van der Waals surface area contributed by atoms with Gasteiger partial charge in [-0.15, -0.1) is 11.3 Å². The first-order valence-corrected chi connectivity index (χ1v) is 15.0. The standard InChI is InChI=1S/C29H28N2O6S2/c1-36-26-16-20(28(32)31-39(34,35)24-9-3-2-4-10-24)12-11-19(26)15-21-18-38-27-14-13-22(17-25(21)27)30-29(33)37-23-7-5-6-8-23/h2-4,9-14,16-18,23H,5-8,15H2,1H3,(H,30,33)(H,31,32). The molecule has 4 aromatic rings. The third kappa shape index (κ3) is 6.23. The lowest BCUT2D eigenvalue weighted by Crippen LogP contribution is -2.30. The quantitative estimate of drug-likeness (QED) is 0.267. The number of benzene rings is 3. The Morgan fingerprint density at radius 2 is 1.74 bits per heavy atom. The number of sulfonamides is 1. The van der Waals surface area contributed by atoms with Crippen LogP contribution in [0.15, 0.2) is 77.0 Å². The van der Waals surface area contributed by atoms with Crippen molar-refractivity contribution in [1.29, 1.82) is 0 Å². The van der Waals surface area contributed by atoms with Gasteiger partial charge in [-0.2, -0.15) is 0 Å². The van der Waals surface area contributed by atoms with Crippen molar-refractivity contribution in [3.63, 3.8) is 0 Å². The minimum absolute atomic E-state index is 0.00642. The van der Waals surface area contributed by atoms with Crippen LogP contribution in [0.4, 0.5) is 10.5 Å². The molecule has 1 aromatic heterocycles. The number of amides is 2. The van der Waals surface area contributed by atoms with E-state index in [0.717, 1.165) is 46.9 Å². The summed E-state index contributed by atoms with van der Waals surface area (Å²) in [6.07, 6.45) is 4.06. The number of anilines is 1. The van der Waals surface area contributed by atoms with Crippen LogP contribution in [-0.4, -0.2) is 33.6 Å². The summed E-state index contributed by atoms with van der Waals surface area (Å²) >= 11 is 1.60. The number of rotatable bonds is 8. The molecule has 0 bridgehead atoms. The second-order valence-corrected chi connectivity index (χ2v) is 12.0. The first-order valence-electron chi connectivity index (χ1n) is 12.6. The van der Waals surface area contributed by atoms with Gasteiger partial charge < -0.3 is 9.47 Å². The predicted molar refractivity (Wildman–Crippen MR) is 151 cm³/mol. The fourth-order valence-electron chi connectivity index (χ4n) is 4.68. The van der Waals surface area contributed by atoms with Crippen molar-refractivity contribution in [3.8, 4) is 5.75 Å². The van der Waals surface area contributed by atoms with Crippen LogP contribution in [0.25, 0.3) is 10.1 Å². The number of hydrogen-bond donors (Lipinski definition) is 2. The van der Waals surface area contributed by atoms with Crippen molar-refractivity contribution < 1.29 is 27.5 Å². The molecule has 0 spiro atoms. The first kappa shape index (κ1) is 26.7. The number of nitrogens with one attached hydrogen (secondary N) is 2. The minimum atomic E-state index is -4.00. The number of methoxy groups -OCH3 is 1. The number of carbonyl (C=O) groups excluding carboxylic acids is 2. The highest BCUT2D eigenvalue weighted by Crippen LogP contribution is 2.33. The summed E-state index contributed by atoms with van der Waals surface area (Å²) in [7, 11) is -2.50. The molecule has 0 unspecified atom stereocenters. The predicted octanol–water partition coefficient (Wildman–Crippen LogP) is 6.11. The lowest BCUT2D eigenvalue weighted by Gasteiger charge is -2.13. The van der Waals surface area contributed by atoms with Gasteiger partial charge in [-0.25, -0.2) is 17.9 Å². The number of ether oxygens (including phenoxy) is 2. The summed E-state index contributed by atoms with van der Waals surface area (Å²) < 4.78 is 39.4. The van der Waals surface area contributed by atoms with Crippen LogP contribution in [0.2, 0.25) is 0 Å². The van der Waals surface area contributed by atoms with E-state index in [1.54, 1.807) is 41.7 Å². The molecule has 0 atom stereocenters. The molecule has 0 saturated heterocycles. The Labute approximate surface area is 231 Å². The fourth-order valence-corrected chi connectivity index (χ4v) is 6.62. The van der Waals surface area contributed by atoms with E-state index in [1.807, 2.05) is 18.2 Å². The smallest absolute Gasteiger partial charge is 0.411 e.